The highest BCUT2D eigenvalue weighted by atomic mass is 32.2. The van der Waals surface area contributed by atoms with Gasteiger partial charge in [0.1, 0.15) is 6.33 Å². The number of aromatic nitrogens is 2. The summed E-state index contributed by atoms with van der Waals surface area (Å²) in [5, 5.41) is 0.0926. The van der Waals surface area contributed by atoms with Gasteiger partial charge >= 0.3 is 0 Å². The van der Waals surface area contributed by atoms with Crippen LogP contribution in [0, 0.1) is 0 Å². The molecule has 5 heteroatoms. The van der Waals surface area contributed by atoms with Crippen LogP contribution in [0.4, 0.5) is 0 Å². The zero-order chi connectivity index (χ0) is 8.32. The van der Waals surface area contributed by atoms with Gasteiger partial charge < -0.3 is 0 Å². The molecule has 0 aliphatic heterocycles. The molecule has 1 aromatic heterocycles. The molecule has 0 spiro atoms. The lowest BCUT2D eigenvalue weighted by molar-refractivity contribution is 0.593. The Kier molecular flexibility index (Phi) is 2.19. The summed E-state index contributed by atoms with van der Waals surface area (Å²) in [6.07, 6.45) is 2.64. The van der Waals surface area contributed by atoms with Crippen LogP contribution in [0.15, 0.2) is 23.6 Å². The van der Waals surface area contributed by atoms with Crippen molar-refractivity contribution >= 4 is 9.84 Å². The predicted molar refractivity (Wildman–Crippen MR) is 39.8 cm³/mol. The standard InChI is InChI=1S/C6H8N2O2S/c1-2-11(9,10)6-3-4-7-5-8-6/h3-5H,2H2,1H3. The molecule has 0 saturated carbocycles. The Morgan fingerprint density at radius 1 is 1.55 bits per heavy atom. The average molecular weight is 172 g/mol. The van der Waals surface area contributed by atoms with E-state index < -0.39 is 9.84 Å². The summed E-state index contributed by atoms with van der Waals surface area (Å²) >= 11 is 0. The van der Waals surface area contributed by atoms with Crippen molar-refractivity contribution in [3.05, 3.63) is 18.6 Å². The third kappa shape index (κ3) is 1.74. The molecule has 11 heavy (non-hydrogen) atoms. The second-order valence-corrected chi connectivity index (χ2v) is 4.18. The molecule has 0 aliphatic rings. The summed E-state index contributed by atoms with van der Waals surface area (Å²) in [4.78, 5) is 7.24. The first-order valence-electron chi connectivity index (χ1n) is 3.15. The summed E-state index contributed by atoms with van der Waals surface area (Å²) in [7, 11) is -3.15. The third-order valence-electron chi connectivity index (χ3n) is 1.25. The van der Waals surface area contributed by atoms with E-state index in [-0.39, 0.29) is 10.8 Å². The van der Waals surface area contributed by atoms with Crippen molar-refractivity contribution in [1.82, 2.24) is 9.97 Å². The van der Waals surface area contributed by atoms with Crippen molar-refractivity contribution < 1.29 is 8.42 Å². The van der Waals surface area contributed by atoms with Crippen LogP contribution in [0.25, 0.3) is 0 Å². The Labute approximate surface area is 65.2 Å². The van der Waals surface area contributed by atoms with Crippen LogP contribution in [0.3, 0.4) is 0 Å². The van der Waals surface area contributed by atoms with Crippen LogP contribution in [-0.2, 0) is 9.84 Å². The SMILES string of the molecule is CCS(=O)(=O)c1ccncn1. The minimum absolute atomic E-state index is 0.0734. The molecule has 1 rings (SSSR count). The van der Waals surface area contributed by atoms with Crippen molar-refractivity contribution in [2.24, 2.45) is 0 Å². The average Bonchev–Trinajstić information content (AvgIpc) is 2.06. The molecule has 0 atom stereocenters. The monoisotopic (exact) mass is 172 g/mol. The molecule has 4 nitrogen and oxygen atoms in total. The number of hydrogen-bond acceptors (Lipinski definition) is 4. The van der Waals surface area contributed by atoms with Crippen LogP contribution < -0.4 is 0 Å². The van der Waals surface area contributed by atoms with E-state index in [4.69, 9.17) is 0 Å². The van der Waals surface area contributed by atoms with Crippen molar-refractivity contribution in [3.63, 3.8) is 0 Å². The lowest BCUT2D eigenvalue weighted by Crippen LogP contribution is -2.05. The highest BCUT2D eigenvalue weighted by molar-refractivity contribution is 7.91. The second kappa shape index (κ2) is 2.96. The fraction of sp³-hybridized carbons (Fsp3) is 0.333. The van der Waals surface area contributed by atoms with E-state index in [1.54, 1.807) is 6.92 Å². The molecular formula is C6H8N2O2S. The summed E-state index contributed by atoms with van der Waals surface area (Å²) in [5.74, 6) is 0.0734. The first-order valence-corrected chi connectivity index (χ1v) is 4.81. The van der Waals surface area contributed by atoms with Crippen molar-refractivity contribution in [3.8, 4) is 0 Å². The smallest absolute Gasteiger partial charge is 0.195 e. The molecule has 0 aromatic carbocycles. The van der Waals surface area contributed by atoms with Crippen molar-refractivity contribution in [1.29, 1.82) is 0 Å². The number of rotatable bonds is 2. The fourth-order valence-electron chi connectivity index (χ4n) is 0.610. The molecule has 1 aromatic rings. The zero-order valence-corrected chi connectivity index (χ0v) is 6.87. The van der Waals surface area contributed by atoms with E-state index in [0.29, 0.717) is 0 Å². The largest absolute Gasteiger partial charge is 0.245 e. The van der Waals surface area contributed by atoms with Gasteiger partial charge in [-0.3, -0.25) is 0 Å². The number of nitrogens with zero attached hydrogens (tertiary/aromatic N) is 2. The molecule has 0 radical (unpaired) electrons. The van der Waals surface area contributed by atoms with E-state index in [1.165, 1.54) is 18.6 Å². The Hall–Kier alpha value is -0.970. The van der Waals surface area contributed by atoms with Gasteiger partial charge in [-0.15, -0.1) is 0 Å². The van der Waals surface area contributed by atoms with E-state index in [2.05, 4.69) is 9.97 Å². The highest BCUT2D eigenvalue weighted by Crippen LogP contribution is 2.03. The molecule has 0 N–H and O–H groups in total. The van der Waals surface area contributed by atoms with Crippen LogP contribution in [0.2, 0.25) is 0 Å². The van der Waals surface area contributed by atoms with Gasteiger partial charge in [-0.05, 0) is 6.07 Å². The van der Waals surface area contributed by atoms with E-state index in [0.717, 1.165) is 0 Å². The van der Waals surface area contributed by atoms with Crippen LogP contribution in [0.1, 0.15) is 6.92 Å². The van der Waals surface area contributed by atoms with Gasteiger partial charge in [-0.1, -0.05) is 6.92 Å². The summed E-state index contributed by atoms with van der Waals surface area (Å²) in [5.41, 5.74) is 0. The Morgan fingerprint density at radius 2 is 2.27 bits per heavy atom. The quantitative estimate of drug-likeness (QED) is 0.601. The molecule has 0 amide bonds. The minimum atomic E-state index is -3.15. The van der Waals surface area contributed by atoms with Crippen molar-refractivity contribution in [2.45, 2.75) is 11.9 Å². The second-order valence-electron chi connectivity index (χ2n) is 1.95. The van der Waals surface area contributed by atoms with Crippen molar-refractivity contribution in [2.75, 3.05) is 5.75 Å². The lowest BCUT2D eigenvalue weighted by Gasteiger charge is -1.96. The van der Waals surface area contributed by atoms with Gasteiger partial charge in [-0.2, -0.15) is 0 Å². The maximum atomic E-state index is 11.1. The molecule has 0 fully saturated rings. The first-order chi connectivity index (χ1) is 5.17. The Bertz CT molecular complexity index is 320. The highest BCUT2D eigenvalue weighted by Gasteiger charge is 2.11. The van der Waals surface area contributed by atoms with Gasteiger partial charge in [0.2, 0.25) is 0 Å². The molecule has 60 valence electrons. The van der Waals surface area contributed by atoms with Gasteiger partial charge in [0.15, 0.2) is 14.9 Å². The number of hydrogen-bond donors (Lipinski definition) is 0. The van der Waals surface area contributed by atoms with E-state index in [9.17, 15) is 8.42 Å². The lowest BCUT2D eigenvalue weighted by atomic mass is 10.7. The summed E-state index contributed by atoms with van der Waals surface area (Å²) in [6, 6.07) is 1.39. The topological polar surface area (TPSA) is 59.9 Å². The third-order valence-corrected chi connectivity index (χ3v) is 2.89. The first kappa shape index (κ1) is 8.13. The Balaban J connectivity index is 3.14. The maximum absolute atomic E-state index is 11.1. The Morgan fingerprint density at radius 3 is 2.73 bits per heavy atom. The molecule has 1 heterocycles. The maximum Gasteiger partial charge on any atom is 0.195 e. The molecule has 0 saturated heterocycles. The van der Waals surface area contributed by atoms with Crippen LogP contribution in [-0.4, -0.2) is 24.1 Å². The summed E-state index contributed by atoms with van der Waals surface area (Å²) < 4.78 is 22.2. The van der Waals surface area contributed by atoms with E-state index >= 15 is 0 Å². The van der Waals surface area contributed by atoms with Gasteiger partial charge in [0.05, 0.1) is 5.75 Å². The van der Waals surface area contributed by atoms with E-state index in [1.807, 2.05) is 0 Å². The normalized spacial score (nSPS) is 11.4. The van der Waals surface area contributed by atoms with Gasteiger partial charge in [-0.25, -0.2) is 18.4 Å². The van der Waals surface area contributed by atoms with Crippen LogP contribution >= 0.6 is 0 Å². The van der Waals surface area contributed by atoms with Gasteiger partial charge in [0, 0.05) is 6.20 Å². The predicted octanol–water partition coefficient (Wildman–Crippen LogP) is 0.270. The molecule has 0 aliphatic carbocycles. The summed E-state index contributed by atoms with van der Waals surface area (Å²) in [6.45, 7) is 1.58. The zero-order valence-electron chi connectivity index (χ0n) is 6.06. The number of sulfone groups is 1. The minimum Gasteiger partial charge on any atom is -0.245 e. The fourth-order valence-corrected chi connectivity index (χ4v) is 1.38. The molecular weight excluding hydrogens is 164 g/mol. The molecule has 0 bridgehead atoms. The molecule has 0 unspecified atom stereocenters. The van der Waals surface area contributed by atoms with Crippen LogP contribution in [0.5, 0.6) is 0 Å². The van der Waals surface area contributed by atoms with Gasteiger partial charge in [0.25, 0.3) is 0 Å².